The highest BCUT2D eigenvalue weighted by Gasteiger charge is 2.34. The molecule has 56 valence electrons. The van der Waals surface area contributed by atoms with E-state index >= 15 is 0 Å². The summed E-state index contributed by atoms with van der Waals surface area (Å²) in [6, 6.07) is 0. The molecule has 2 rings (SSSR count). The van der Waals surface area contributed by atoms with Crippen LogP contribution in [0, 0.1) is 0 Å². The maximum Gasteiger partial charge on any atom is 0.0856 e. The van der Waals surface area contributed by atoms with Crippen LogP contribution < -0.4 is 5.32 Å². The minimum Gasteiger partial charge on any atom is -0.369 e. The Morgan fingerprint density at radius 1 is 1.40 bits per heavy atom. The summed E-state index contributed by atoms with van der Waals surface area (Å²) in [6.45, 7) is 2.97. The molecular weight excluding hydrogens is 126 g/mol. The fourth-order valence-corrected chi connectivity index (χ4v) is 1.67. The van der Waals surface area contributed by atoms with Crippen molar-refractivity contribution in [1.82, 2.24) is 5.32 Å². The molecule has 1 saturated heterocycles. The minimum absolute atomic E-state index is 0.175. The number of ether oxygens (including phenoxy) is 1. The van der Waals surface area contributed by atoms with E-state index in [1.807, 2.05) is 0 Å². The Labute approximate surface area is 61.3 Å². The summed E-state index contributed by atoms with van der Waals surface area (Å²) in [5.74, 6) is 0. The maximum atomic E-state index is 5.68. The number of hydrogen-bond acceptors (Lipinski definition) is 2. The van der Waals surface area contributed by atoms with Crippen molar-refractivity contribution in [1.29, 1.82) is 0 Å². The zero-order valence-electron chi connectivity index (χ0n) is 6.10. The van der Waals surface area contributed by atoms with E-state index < -0.39 is 0 Å². The lowest BCUT2D eigenvalue weighted by atomic mass is 9.97. The van der Waals surface area contributed by atoms with Crippen LogP contribution in [0.15, 0.2) is 12.2 Å². The van der Waals surface area contributed by atoms with Crippen LogP contribution in [0.2, 0.25) is 0 Å². The first kappa shape index (κ1) is 6.38. The average Bonchev–Trinajstić information content (AvgIpc) is 2.39. The first-order valence-corrected chi connectivity index (χ1v) is 3.91. The molecule has 0 radical (unpaired) electrons. The van der Waals surface area contributed by atoms with Crippen LogP contribution in [0.25, 0.3) is 0 Å². The van der Waals surface area contributed by atoms with E-state index in [1.165, 1.54) is 6.42 Å². The molecule has 0 aliphatic carbocycles. The summed E-state index contributed by atoms with van der Waals surface area (Å²) in [7, 11) is 0. The summed E-state index contributed by atoms with van der Waals surface area (Å²) in [6.07, 6.45) is 6.61. The van der Waals surface area contributed by atoms with Crippen LogP contribution in [0.3, 0.4) is 0 Å². The van der Waals surface area contributed by atoms with Crippen LogP contribution in [-0.2, 0) is 4.74 Å². The third kappa shape index (κ3) is 0.976. The van der Waals surface area contributed by atoms with E-state index in [1.54, 1.807) is 0 Å². The summed E-state index contributed by atoms with van der Waals surface area (Å²) in [4.78, 5) is 0. The Bertz CT molecular complexity index is 147. The van der Waals surface area contributed by atoms with E-state index in [0.717, 1.165) is 26.1 Å². The van der Waals surface area contributed by atoms with Crippen LogP contribution >= 0.6 is 0 Å². The predicted octanol–water partition coefficient (Wildman–Crippen LogP) is 0.695. The topological polar surface area (TPSA) is 21.3 Å². The van der Waals surface area contributed by atoms with Gasteiger partial charge in [-0.1, -0.05) is 12.2 Å². The lowest BCUT2D eigenvalue weighted by Gasteiger charge is -2.29. The first-order valence-electron chi connectivity index (χ1n) is 3.91. The molecule has 10 heavy (non-hydrogen) atoms. The number of nitrogens with one attached hydrogen (secondary N) is 1. The molecule has 2 heteroatoms. The molecule has 1 spiro atoms. The van der Waals surface area contributed by atoms with Crippen LogP contribution in [0.1, 0.15) is 12.8 Å². The Hall–Kier alpha value is -0.340. The number of rotatable bonds is 0. The van der Waals surface area contributed by atoms with E-state index in [-0.39, 0.29) is 5.60 Å². The molecule has 0 amide bonds. The van der Waals surface area contributed by atoms with Crippen LogP contribution in [-0.4, -0.2) is 25.3 Å². The van der Waals surface area contributed by atoms with Crippen molar-refractivity contribution < 1.29 is 4.74 Å². The third-order valence-corrected chi connectivity index (χ3v) is 2.35. The molecule has 1 N–H and O–H groups in total. The van der Waals surface area contributed by atoms with E-state index in [0.29, 0.717) is 0 Å². The molecule has 0 aromatic carbocycles. The lowest BCUT2D eigenvalue weighted by Crippen LogP contribution is -2.36. The number of hydrogen-bond donors (Lipinski definition) is 1. The molecule has 2 aliphatic rings. The molecular formula is C8H13NO. The molecule has 0 aromatic heterocycles. The second-order valence-electron chi connectivity index (χ2n) is 3.10. The molecule has 0 aromatic rings. The van der Waals surface area contributed by atoms with Crippen molar-refractivity contribution in [2.24, 2.45) is 0 Å². The van der Waals surface area contributed by atoms with Gasteiger partial charge >= 0.3 is 0 Å². The van der Waals surface area contributed by atoms with E-state index in [4.69, 9.17) is 4.74 Å². The highest BCUT2D eigenvalue weighted by atomic mass is 16.5. The van der Waals surface area contributed by atoms with Gasteiger partial charge < -0.3 is 10.1 Å². The quantitative estimate of drug-likeness (QED) is 0.499. The zero-order chi connectivity index (χ0) is 6.86. The van der Waals surface area contributed by atoms with Gasteiger partial charge in [-0.15, -0.1) is 0 Å². The van der Waals surface area contributed by atoms with E-state index in [9.17, 15) is 0 Å². The summed E-state index contributed by atoms with van der Waals surface area (Å²) >= 11 is 0. The van der Waals surface area contributed by atoms with Crippen molar-refractivity contribution in [3.63, 3.8) is 0 Å². The highest BCUT2D eigenvalue weighted by Crippen LogP contribution is 2.26. The maximum absolute atomic E-state index is 5.68. The molecule has 1 fully saturated rings. The second-order valence-corrected chi connectivity index (χ2v) is 3.10. The normalized spacial score (nSPS) is 39.2. The molecule has 0 bridgehead atoms. The Kier molecular flexibility index (Phi) is 1.51. The second kappa shape index (κ2) is 2.36. The van der Waals surface area contributed by atoms with Gasteiger partial charge in [0.15, 0.2) is 0 Å². The van der Waals surface area contributed by atoms with Gasteiger partial charge in [-0.3, -0.25) is 0 Å². The van der Waals surface area contributed by atoms with Gasteiger partial charge in [0.25, 0.3) is 0 Å². The van der Waals surface area contributed by atoms with Gasteiger partial charge in [0.1, 0.15) is 0 Å². The van der Waals surface area contributed by atoms with Gasteiger partial charge in [-0.25, -0.2) is 0 Å². The van der Waals surface area contributed by atoms with Crippen LogP contribution in [0.4, 0.5) is 0 Å². The van der Waals surface area contributed by atoms with Gasteiger partial charge in [0.2, 0.25) is 0 Å². The zero-order valence-corrected chi connectivity index (χ0v) is 6.10. The summed E-state index contributed by atoms with van der Waals surface area (Å²) in [5, 5.41) is 3.32. The Morgan fingerprint density at radius 3 is 3.00 bits per heavy atom. The van der Waals surface area contributed by atoms with Crippen molar-refractivity contribution in [2.75, 3.05) is 19.7 Å². The smallest absolute Gasteiger partial charge is 0.0856 e. The predicted molar refractivity (Wildman–Crippen MR) is 39.9 cm³/mol. The van der Waals surface area contributed by atoms with Crippen molar-refractivity contribution in [3.8, 4) is 0 Å². The standard InChI is InChI=1S/C8H13NO/c1-2-6-10-8(3-1)4-5-9-7-8/h1-2,9H,3-7H2. The largest absolute Gasteiger partial charge is 0.369 e. The Balaban J connectivity index is 2.06. The first-order chi connectivity index (χ1) is 4.91. The van der Waals surface area contributed by atoms with Crippen molar-refractivity contribution >= 4 is 0 Å². The van der Waals surface area contributed by atoms with Crippen LogP contribution in [0.5, 0.6) is 0 Å². The Morgan fingerprint density at radius 2 is 2.40 bits per heavy atom. The monoisotopic (exact) mass is 139 g/mol. The van der Waals surface area contributed by atoms with Crippen molar-refractivity contribution in [2.45, 2.75) is 18.4 Å². The minimum atomic E-state index is 0.175. The molecule has 1 atom stereocenters. The molecule has 1 unspecified atom stereocenters. The highest BCUT2D eigenvalue weighted by molar-refractivity contribution is 5.01. The SMILES string of the molecule is C1=CCC2(CCNC2)OC1. The fraction of sp³-hybridized carbons (Fsp3) is 0.750. The lowest BCUT2D eigenvalue weighted by molar-refractivity contribution is -0.0200. The van der Waals surface area contributed by atoms with Gasteiger partial charge in [0, 0.05) is 6.54 Å². The molecule has 0 saturated carbocycles. The summed E-state index contributed by atoms with van der Waals surface area (Å²) < 4.78 is 5.68. The average molecular weight is 139 g/mol. The van der Waals surface area contributed by atoms with Gasteiger partial charge in [-0.2, -0.15) is 0 Å². The van der Waals surface area contributed by atoms with E-state index in [2.05, 4.69) is 17.5 Å². The third-order valence-electron chi connectivity index (χ3n) is 2.35. The van der Waals surface area contributed by atoms with Gasteiger partial charge in [-0.05, 0) is 19.4 Å². The van der Waals surface area contributed by atoms with Gasteiger partial charge in [0.05, 0.1) is 12.2 Å². The van der Waals surface area contributed by atoms with Crippen molar-refractivity contribution in [3.05, 3.63) is 12.2 Å². The fourth-order valence-electron chi connectivity index (χ4n) is 1.67. The summed E-state index contributed by atoms with van der Waals surface area (Å²) in [5.41, 5.74) is 0.175. The molecule has 2 aliphatic heterocycles. The molecule has 2 nitrogen and oxygen atoms in total. The molecule has 2 heterocycles.